The lowest BCUT2D eigenvalue weighted by molar-refractivity contribution is -0.139. The van der Waals surface area contributed by atoms with E-state index in [0.29, 0.717) is 18.4 Å². The number of rotatable bonds is 12. The molecule has 0 aromatic heterocycles. The molecule has 0 spiro atoms. The smallest absolute Gasteiger partial charge is 0.480 e. The van der Waals surface area contributed by atoms with Crippen LogP contribution in [0.5, 0.6) is 11.5 Å². The molecule has 35 heavy (non-hydrogen) atoms. The van der Waals surface area contributed by atoms with Gasteiger partial charge in [-0.1, -0.05) is 26.8 Å². The van der Waals surface area contributed by atoms with Crippen molar-refractivity contribution in [2.24, 2.45) is 11.7 Å². The molecular formula is C23H33NO11. The molecule has 1 aromatic carbocycles. The van der Waals surface area contributed by atoms with Crippen LogP contribution in [0.4, 0.5) is 14.4 Å². The first-order chi connectivity index (χ1) is 16.5. The van der Waals surface area contributed by atoms with Crippen LogP contribution in [0.25, 0.3) is 0 Å². The van der Waals surface area contributed by atoms with Crippen LogP contribution in [-0.4, -0.2) is 62.0 Å². The molecule has 1 aromatic rings. The van der Waals surface area contributed by atoms with E-state index in [4.69, 9.17) is 29.4 Å². The van der Waals surface area contributed by atoms with E-state index in [-0.39, 0.29) is 24.7 Å². The third-order valence-corrected chi connectivity index (χ3v) is 5.02. The molecule has 12 nitrogen and oxygen atoms in total. The second kappa shape index (κ2) is 14.7. The zero-order chi connectivity index (χ0) is 26.5. The van der Waals surface area contributed by atoms with Gasteiger partial charge < -0.3 is 39.3 Å². The van der Waals surface area contributed by atoms with E-state index in [0.717, 1.165) is 7.11 Å². The van der Waals surface area contributed by atoms with Crippen LogP contribution in [0.3, 0.4) is 0 Å². The molecule has 0 heterocycles. The van der Waals surface area contributed by atoms with Gasteiger partial charge in [-0.3, -0.25) is 4.79 Å². The number of hydrogen-bond acceptors (Lipinski definition) is 11. The first-order valence-electron chi connectivity index (χ1n) is 11.1. The number of carboxylic acid groups (broad SMARTS) is 1. The minimum Gasteiger partial charge on any atom is -0.480 e. The van der Waals surface area contributed by atoms with Gasteiger partial charge >= 0.3 is 24.4 Å². The number of ether oxygens (including phenoxy) is 6. The van der Waals surface area contributed by atoms with Gasteiger partial charge in [0.2, 0.25) is 0 Å². The van der Waals surface area contributed by atoms with E-state index >= 15 is 0 Å². The van der Waals surface area contributed by atoms with Crippen molar-refractivity contribution in [1.82, 2.24) is 0 Å². The highest BCUT2D eigenvalue weighted by atomic mass is 16.7. The Bertz CT molecular complexity index is 873. The minimum absolute atomic E-state index is 0.0964. The molecule has 196 valence electrons. The van der Waals surface area contributed by atoms with Gasteiger partial charge in [0.1, 0.15) is 12.1 Å². The zero-order valence-corrected chi connectivity index (χ0v) is 20.5. The fraction of sp³-hybridized carbons (Fsp3) is 0.565. The summed E-state index contributed by atoms with van der Waals surface area (Å²) in [7, 11) is 1.14. The van der Waals surface area contributed by atoms with E-state index in [1.807, 2.05) is 0 Å². The summed E-state index contributed by atoms with van der Waals surface area (Å²) in [5, 5.41) is 9.59. The summed E-state index contributed by atoms with van der Waals surface area (Å²) in [6.07, 6.45) is -2.68. The van der Waals surface area contributed by atoms with Crippen molar-refractivity contribution >= 4 is 24.4 Å². The summed E-state index contributed by atoms with van der Waals surface area (Å²) in [5.41, 5.74) is 6.30. The van der Waals surface area contributed by atoms with Crippen LogP contribution in [-0.2, 0) is 23.7 Å². The van der Waals surface area contributed by atoms with Crippen LogP contribution in [0.2, 0.25) is 0 Å². The number of carbonyl (C=O) groups is 4. The predicted octanol–water partition coefficient (Wildman–Crippen LogP) is 3.84. The summed E-state index contributed by atoms with van der Waals surface area (Å²) >= 11 is 0. The van der Waals surface area contributed by atoms with Crippen molar-refractivity contribution in [3.63, 3.8) is 0 Å². The second-order valence-corrected chi connectivity index (χ2v) is 7.63. The second-order valence-electron chi connectivity index (χ2n) is 7.63. The molecule has 0 fully saturated rings. The highest BCUT2D eigenvalue weighted by Gasteiger charge is 2.36. The van der Waals surface area contributed by atoms with Gasteiger partial charge in [-0.25, -0.2) is 14.4 Å². The fourth-order valence-corrected chi connectivity index (χ4v) is 3.10. The van der Waals surface area contributed by atoms with Crippen LogP contribution >= 0.6 is 0 Å². The number of benzene rings is 1. The van der Waals surface area contributed by atoms with Gasteiger partial charge in [-0.05, 0) is 37.5 Å². The summed E-state index contributed by atoms with van der Waals surface area (Å²) in [6, 6.07) is 2.66. The summed E-state index contributed by atoms with van der Waals surface area (Å²) in [5.74, 6) is -3.21. The number of nitrogens with two attached hydrogens (primary N) is 1. The molecule has 0 aliphatic carbocycles. The molecule has 4 atom stereocenters. The largest absolute Gasteiger partial charge is 0.513 e. The molecule has 0 radical (unpaired) electrons. The van der Waals surface area contributed by atoms with E-state index in [1.165, 1.54) is 18.2 Å². The molecule has 0 amide bonds. The average Bonchev–Trinajstić information content (AvgIpc) is 2.82. The van der Waals surface area contributed by atoms with E-state index in [1.54, 1.807) is 27.7 Å². The fourth-order valence-electron chi connectivity index (χ4n) is 3.10. The van der Waals surface area contributed by atoms with E-state index < -0.39 is 48.4 Å². The highest BCUT2D eigenvalue weighted by Crippen LogP contribution is 2.37. The third-order valence-electron chi connectivity index (χ3n) is 5.02. The normalized spacial score (nSPS) is 14.0. The zero-order valence-electron chi connectivity index (χ0n) is 20.5. The number of aliphatic carboxylic acids is 1. The first-order valence-corrected chi connectivity index (χ1v) is 11.1. The van der Waals surface area contributed by atoms with Crippen LogP contribution < -0.4 is 15.2 Å². The van der Waals surface area contributed by atoms with Crippen molar-refractivity contribution < 1.29 is 52.7 Å². The highest BCUT2D eigenvalue weighted by molar-refractivity contribution is 5.75. The standard InChI is InChI=1S/C23H33NO11/c1-6-10-31-22(28)34-16-9-8-15(12-17(16)35-23(29)32-11-7-2)18(19(24)20(25)26)13(3)14(4)33-21(27)30-5/h8-9,12-14,18-19H,6-7,10-11,24H2,1-5H3,(H,25,26)/t13?,14?,18?,19-/m0/s1. The molecule has 0 aliphatic rings. The van der Waals surface area contributed by atoms with E-state index in [9.17, 15) is 24.3 Å². The maximum absolute atomic E-state index is 12.1. The number of carboxylic acids is 1. The Morgan fingerprint density at radius 1 is 0.914 bits per heavy atom. The Balaban J connectivity index is 3.41. The van der Waals surface area contributed by atoms with Crippen molar-refractivity contribution in [1.29, 1.82) is 0 Å². The van der Waals surface area contributed by atoms with Crippen LogP contribution in [0, 0.1) is 5.92 Å². The maximum atomic E-state index is 12.1. The molecule has 0 saturated carbocycles. The molecule has 3 N–H and O–H groups in total. The number of carbonyl (C=O) groups excluding carboxylic acids is 3. The van der Waals surface area contributed by atoms with Crippen molar-refractivity contribution in [3.05, 3.63) is 23.8 Å². The third kappa shape index (κ3) is 9.32. The Kier molecular flexibility index (Phi) is 12.4. The lowest BCUT2D eigenvalue weighted by Gasteiger charge is -2.31. The Morgan fingerprint density at radius 2 is 1.46 bits per heavy atom. The van der Waals surface area contributed by atoms with Crippen LogP contribution in [0.15, 0.2) is 18.2 Å². The van der Waals surface area contributed by atoms with Gasteiger partial charge in [-0.2, -0.15) is 0 Å². The first kappa shape index (κ1) is 29.5. The lowest BCUT2D eigenvalue weighted by Crippen LogP contribution is -2.42. The quantitative estimate of drug-likeness (QED) is 0.242. The number of methoxy groups -OCH3 is 1. The van der Waals surface area contributed by atoms with Crippen molar-refractivity contribution in [2.45, 2.75) is 58.6 Å². The molecule has 0 bridgehead atoms. The average molecular weight is 500 g/mol. The topological polar surface area (TPSA) is 170 Å². The summed E-state index contributed by atoms with van der Waals surface area (Å²) < 4.78 is 29.8. The molecule has 1 rings (SSSR count). The Hall–Kier alpha value is -3.54. The van der Waals surface area contributed by atoms with Crippen molar-refractivity contribution in [3.8, 4) is 11.5 Å². The van der Waals surface area contributed by atoms with Gasteiger partial charge in [0.05, 0.1) is 20.3 Å². The maximum Gasteiger partial charge on any atom is 0.513 e. The molecule has 12 heteroatoms. The minimum atomic E-state index is -1.42. The Morgan fingerprint density at radius 3 is 1.94 bits per heavy atom. The number of hydrogen-bond donors (Lipinski definition) is 2. The SMILES string of the molecule is CCCOC(=O)Oc1ccc(C(C(C)C(C)OC(=O)OC)[C@H](N)C(=O)O)cc1OC(=O)OCCC. The predicted molar refractivity (Wildman–Crippen MR) is 121 cm³/mol. The summed E-state index contributed by atoms with van der Waals surface area (Å²) in [4.78, 5) is 47.4. The molecule has 0 saturated heterocycles. The molecule has 0 aliphatic heterocycles. The Labute approximate surface area is 203 Å². The van der Waals surface area contributed by atoms with Gasteiger partial charge in [-0.15, -0.1) is 0 Å². The van der Waals surface area contributed by atoms with Crippen LogP contribution in [0.1, 0.15) is 52.0 Å². The lowest BCUT2D eigenvalue weighted by atomic mass is 9.79. The van der Waals surface area contributed by atoms with Gasteiger partial charge in [0, 0.05) is 11.8 Å². The monoisotopic (exact) mass is 499 g/mol. The van der Waals surface area contributed by atoms with E-state index in [2.05, 4.69) is 4.74 Å². The van der Waals surface area contributed by atoms with Crippen molar-refractivity contribution in [2.75, 3.05) is 20.3 Å². The molecular weight excluding hydrogens is 466 g/mol. The summed E-state index contributed by atoms with van der Waals surface area (Å²) in [6.45, 7) is 7.02. The molecule has 3 unspecified atom stereocenters. The van der Waals surface area contributed by atoms with Gasteiger partial charge in [0.25, 0.3) is 0 Å². The van der Waals surface area contributed by atoms with Gasteiger partial charge in [0.15, 0.2) is 11.5 Å².